The molecule has 17 heavy (non-hydrogen) atoms. The van der Waals surface area contributed by atoms with Crippen LogP contribution in [0, 0.1) is 0 Å². The van der Waals surface area contributed by atoms with Gasteiger partial charge in [-0.25, -0.2) is 4.79 Å². The maximum Gasteiger partial charge on any atom is 0.407 e. The molecule has 1 saturated heterocycles. The molecule has 0 saturated carbocycles. The van der Waals surface area contributed by atoms with E-state index in [1.807, 2.05) is 20.8 Å². The highest BCUT2D eigenvalue weighted by Gasteiger charge is 2.19. The van der Waals surface area contributed by atoms with E-state index in [4.69, 9.17) is 4.74 Å². The lowest BCUT2D eigenvalue weighted by atomic mass is 10.2. The third kappa shape index (κ3) is 6.26. The monoisotopic (exact) mass is 242 g/mol. The summed E-state index contributed by atoms with van der Waals surface area (Å²) in [7, 11) is 0. The number of rotatable bonds is 4. The van der Waals surface area contributed by atoms with Gasteiger partial charge in [0.1, 0.15) is 11.4 Å². The van der Waals surface area contributed by atoms with Gasteiger partial charge in [-0.15, -0.1) is 0 Å². The Kier molecular flexibility index (Phi) is 4.93. The van der Waals surface area contributed by atoms with Crippen LogP contribution in [0.5, 0.6) is 0 Å². The summed E-state index contributed by atoms with van der Waals surface area (Å²) in [5, 5.41) is 2.70. The van der Waals surface area contributed by atoms with E-state index < -0.39 is 5.60 Å². The molecule has 0 aromatic heterocycles. The van der Waals surface area contributed by atoms with Gasteiger partial charge in [-0.2, -0.15) is 0 Å². The molecule has 1 rings (SSSR count). The van der Waals surface area contributed by atoms with Crippen LogP contribution >= 0.6 is 0 Å². The van der Waals surface area contributed by atoms with Gasteiger partial charge >= 0.3 is 6.09 Å². The second kappa shape index (κ2) is 6.00. The van der Waals surface area contributed by atoms with E-state index in [1.54, 1.807) is 0 Å². The third-order valence-corrected chi connectivity index (χ3v) is 2.43. The first-order valence-corrected chi connectivity index (χ1v) is 6.08. The third-order valence-electron chi connectivity index (χ3n) is 2.43. The second-order valence-electron chi connectivity index (χ2n) is 5.35. The Morgan fingerprint density at radius 2 is 2.18 bits per heavy atom. The zero-order chi connectivity index (χ0) is 12.9. The number of alkyl carbamates (subject to hydrolysis) is 1. The molecule has 0 aliphatic carbocycles. The fourth-order valence-corrected chi connectivity index (χ4v) is 1.69. The molecule has 5 nitrogen and oxygen atoms in total. The molecule has 1 fully saturated rings. The maximum absolute atomic E-state index is 11.3. The molecular weight excluding hydrogens is 220 g/mol. The van der Waals surface area contributed by atoms with E-state index in [-0.39, 0.29) is 6.09 Å². The first kappa shape index (κ1) is 14.0. The number of ketones is 1. The van der Waals surface area contributed by atoms with Crippen molar-refractivity contribution in [2.24, 2.45) is 0 Å². The van der Waals surface area contributed by atoms with Crippen LogP contribution in [0.3, 0.4) is 0 Å². The zero-order valence-electron chi connectivity index (χ0n) is 10.9. The van der Waals surface area contributed by atoms with Crippen molar-refractivity contribution in [3.8, 4) is 0 Å². The number of likely N-dealkylation sites (tertiary alicyclic amines) is 1. The SMILES string of the molecule is CC(C)(C)OC(=O)NCCCN1CCC(=O)C1. The summed E-state index contributed by atoms with van der Waals surface area (Å²) in [6.45, 7) is 8.35. The first-order valence-electron chi connectivity index (χ1n) is 6.08. The minimum Gasteiger partial charge on any atom is -0.444 e. The number of nitrogens with one attached hydrogen (secondary N) is 1. The van der Waals surface area contributed by atoms with Crippen LogP contribution in [-0.2, 0) is 9.53 Å². The molecule has 0 aromatic rings. The quantitative estimate of drug-likeness (QED) is 0.752. The molecule has 1 aliphatic heterocycles. The molecule has 0 unspecified atom stereocenters. The fourth-order valence-electron chi connectivity index (χ4n) is 1.69. The lowest BCUT2D eigenvalue weighted by Crippen LogP contribution is -2.34. The summed E-state index contributed by atoms with van der Waals surface area (Å²) in [6, 6.07) is 0. The number of carbonyl (C=O) groups is 2. The van der Waals surface area contributed by atoms with Crippen LogP contribution < -0.4 is 5.32 Å². The van der Waals surface area contributed by atoms with E-state index in [2.05, 4.69) is 10.2 Å². The number of amides is 1. The van der Waals surface area contributed by atoms with Crippen LogP contribution in [0.15, 0.2) is 0 Å². The second-order valence-corrected chi connectivity index (χ2v) is 5.35. The minimum absolute atomic E-state index is 0.310. The molecule has 1 N–H and O–H groups in total. The highest BCUT2D eigenvalue weighted by Crippen LogP contribution is 2.06. The summed E-state index contributed by atoms with van der Waals surface area (Å²) in [5.41, 5.74) is -0.453. The summed E-state index contributed by atoms with van der Waals surface area (Å²) in [6.07, 6.45) is 1.13. The lowest BCUT2D eigenvalue weighted by Gasteiger charge is -2.20. The molecule has 1 amide bonds. The molecule has 0 atom stereocenters. The van der Waals surface area contributed by atoms with Crippen molar-refractivity contribution < 1.29 is 14.3 Å². The molecule has 1 heterocycles. The highest BCUT2D eigenvalue weighted by molar-refractivity contribution is 5.82. The van der Waals surface area contributed by atoms with Crippen molar-refractivity contribution in [2.75, 3.05) is 26.2 Å². The van der Waals surface area contributed by atoms with Gasteiger partial charge in [0.25, 0.3) is 0 Å². The average molecular weight is 242 g/mol. The predicted molar refractivity (Wildman–Crippen MR) is 64.9 cm³/mol. The molecule has 0 spiro atoms. The summed E-state index contributed by atoms with van der Waals surface area (Å²) < 4.78 is 5.11. The molecule has 1 aliphatic rings. The Morgan fingerprint density at radius 1 is 1.47 bits per heavy atom. The van der Waals surface area contributed by atoms with E-state index in [1.165, 1.54) is 0 Å². The number of nitrogens with zero attached hydrogens (tertiary/aromatic N) is 1. The molecular formula is C12H22N2O3. The van der Waals surface area contributed by atoms with Gasteiger partial charge in [-0.1, -0.05) is 0 Å². The summed E-state index contributed by atoms with van der Waals surface area (Å²) in [5.74, 6) is 0.310. The van der Waals surface area contributed by atoms with Crippen LogP contribution in [0.4, 0.5) is 4.79 Å². The Labute approximate surface area is 102 Å². The van der Waals surface area contributed by atoms with Crippen LogP contribution in [0.25, 0.3) is 0 Å². The largest absolute Gasteiger partial charge is 0.444 e. The Morgan fingerprint density at radius 3 is 2.71 bits per heavy atom. The maximum atomic E-state index is 11.3. The van der Waals surface area contributed by atoms with Gasteiger partial charge in [0.05, 0.1) is 6.54 Å². The summed E-state index contributed by atoms with van der Waals surface area (Å²) >= 11 is 0. The van der Waals surface area contributed by atoms with Crippen LogP contribution in [0.2, 0.25) is 0 Å². The van der Waals surface area contributed by atoms with Crippen molar-refractivity contribution in [1.29, 1.82) is 0 Å². The normalized spacial score (nSPS) is 17.2. The zero-order valence-corrected chi connectivity index (χ0v) is 10.9. The predicted octanol–water partition coefficient (Wildman–Crippen LogP) is 1.18. The standard InChI is InChI=1S/C12H22N2O3/c1-12(2,3)17-11(16)13-6-4-7-14-8-5-10(15)9-14/h4-9H2,1-3H3,(H,13,16). The Bertz CT molecular complexity index is 284. The highest BCUT2D eigenvalue weighted by atomic mass is 16.6. The smallest absolute Gasteiger partial charge is 0.407 e. The number of ether oxygens (including phenoxy) is 1. The molecule has 0 bridgehead atoms. The van der Waals surface area contributed by atoms with E-state index in [0.29, 0.717) is 25.3 Å². The molecule has 0 aromatic carbocycles. The van der Waals surface area contributed by atoms with Crippen molar-refractivity contribution in [1.82, 2.24) is 10.2 Å². The van der Waals surface area contributed by atoms with E-state index in [0.717, 1.165) is 19.5 Å². The van der Waals surface area contributed by atoms with E-state index >= 15 is 0 Å². The van der Waals surface area contributed by atoms with Gasteiger partial charge in [0, 0.05) is 26.1 Å². The Hall–Kier alpha value is -1.10. The van der Waals surface area contributed by atoms with Gasteiger partial charge in [-0.3, -0.25) is 9.69 Å². The number of hydrogen-bond donors (Lipinski definition) is 1. The van der Waals surface area contributed by atoms with Crippen molar-refractivity contribution >= 4 is 11.9 Å². The van der Waals surface area contributed by atoms with Crippen molar-refractivity contribution in [3.63, 3.8) is 0 Å². The molecule has 5 heteroatoms. The number of Topliss-reactive ketones (excluding diaryl/α,β-unsaturated/α-hetero) is 1. The van der Waals surface area contributed by atoms with Gasteiger partial charge in [-0.05, 0) is 27.2 Å². The Balaban J connectivity index is 2.04. The fraction of sp³-hybridized carbons (Fsp3) is 0.833. The topological polar surface area (TPSA) is 58.6 Å². The number of carbonyl (C=O) groups excluding carboxylic acids is 2. The number of hydrogen-bond acceptors (Lipinski definition) is 4. The van der Waals surface area contributed by atoms with Gasteiger partial charge in [0.15, 0.2) is 0 Å². The van der Waals surface area contributed by atoms with Crippen LogP contribution in [0.1, 0.15) is 33.6 Å². The average Bonchev–Trinajstić information content (AvgIpc) is 2.56. The van der Waals surface area contributed by atoms with Crippen molar-refractivity contribution in [2.45, 2.75) is 39.2 Å². The minimum atomic E-state index is -0.453. The molecule has 98 valence electrons. The van der Waals surface area contributed by atoms with Crippen molar-refractivity contribution in [3.05, 3.63) is 0 Å². The first-order chi connectivity index (χ1) is 7.87. The molecule has 0 radical (unpaired) electrons. The lowest BCUT2D eigenvalue weighted by molar-refractivity contribution is -0.116. The van der Waals surface area contributed by atoms with Crippen LogP contribution in [-0.4, -0.2) is 48.6 Å². The summed E-state index contributed by atoms with van der Waals surface area (Å²) in [4.78, 5) is 24.4. The van der Waals surface area contributed by atoms with Gasteiger partial charge in [0.2, 0.25) is 0 Å². The van der Waals surface area contributed by atoms with Gasteiger partial charge < -0.3 is 10.1 Å². The van der Waals surface area contributed by atoms with E-state index in [9.17, 15) is 9.59 Å².